The van der Waals surface area contributed by atoms with E-state index in [-0.39, 0.29) is 24.3 Å². The van der Waals surface area contributed by atoms with E-state index >= 15 is 0 Å². The van der Waals surface area contributed by atoms with Crippen LogP contribution < -0.4 is 5.32 Å². The van der Waals surface area contributed by atoms with Gasteiger partial charge in [0.2, 0.25) is 0 Å². The van der Waals surface area contributed by atoms with E-state index in [4.69, 9.17) is 0 Å². The fourth-order valence-corrected chi connectivity index (χ4v) is 2.12. The summed E-state index contributed by atoms with van der Waals surface area (Å²) in [6.45, 7) is 0. The summed E-state index contributed by atoms with van der Waals surface area (Å²) in [5.74, 6) is -5.05. The number of fused-ring (bicyclic) bond motifs is 1. The molecule has 0 spiro atoms. The lowest BCUT2D eigenvalue weighted by Crippen LogP contribution is -2.14. The molecule has 0 aliphatic rings. The standard InChI is InChI=1S/C16H9F3N2O2.CH4/c17-10-6-12(19)13(7-11(10)18)21-16(23)9-4-3-8-2-1-5-20-14(8)15(9)22;/h1-7,22H,(H,21,23);1H4. The van der Waals surface area contributed by atoms with Crippen molar-refractivity contribution in [2.75, 3.05) is 5.32 Å². The molecular formula is C17H13F3N2O2. The van der Waals surface area contributed by atoms with Gasteiger partial charge < -0.3 is 10.4 Å². The van der Waals surface area contributed by atoms with Gasteiger partial charge in [0.05, 0.1) is 11.3 Å². The highest BCUT2D eigenvalue weighted by atomic mass is 19.2. The summed E-state index contributed by atoms with van der Waals surface area (Å²) < 4.78 is 39.6. The number of rotatable bonds is 2. The van der Waals surface area contributed by atoms with Gasteiger partial charge in [0.25, 0.3) is 5.91 Å². The second-order valence-corrected chi connectivity index (χ2v) is 4.74. The van der Waals surface area contributed by atoms with E-state index in [9.17, 15) is 23.1 Å². The number of phenols is 1. The first-order valence-electron chi connectivity index (χ1n) is 6.50. The number of carbonyl (C=O) groups is 1. The predicted molar refractivity (Wildman–Crippen MR) is 84.4 cm³/mol. The summed E-state index contributed by atoms with van der Waals surface area (Å²) in [7, 11) is 0. The van der Waals surface area contributed by atoms with E-state index in [1.807, 2.05) is 0 Å². The molecule has 24 heavy (non-hydrogen) atoms. The number of pyridine rings is 1. The number of hydrogen-bond acceptors (Lipinski definition) is 3. The van der Waals surface area contributed by atoms with E-state index in [0.29, 0.717) is 17.5 Å². The molecule has 0 fully saturated rings. The number of amides is 1. The SMILES string of the molecule is C.O=C(Nc1cc(F)c(F)cc1F)c1ccc2cccnc2c1O. The first kappa shape index (κ1) is 17.3. The molecule has 3 rings (SSSR count). The highest BCUT2D eigenvalue weighted by Crippen LogP contribution is 2.28. The molecule has 0 saturated heterocycles. The number of aromatic nitrogens is 1. The van der Waals surface area contributed by atoms with Crippen LogP contribution in [0.25, 0.3) is 10.9 Å². The summed E-state index contributed by atoms with van der Waals surface area (Å²) in [5.41, 5.74) is -0.499. The Morgan fingerprint density at radius 1 is 1.04 bits per heavy atom. The zero-order valence-corrected chi connectivity index (χ0v) is 11.5. The van der Waals surface area contributed by atoms with Crippen LogP contribution in [0.1, 0.15) is 17.8 Å². The van der Waals surface area contributed by atoms with Crippen molar-refractivity contribution in [1.82, 2.24) is 4.98 Å². The Bertz CT molecular complexity index is 929. The van der Waals surface area contributed by atoms with Crippen LogP contribution in [0, 0.1) is 17.5 Å². The van der Waals surface area contributed by atoms with Crippen LogP contribution in [-0.4, -0.2) is 16.0 Å². The number of nitrogens with one attached hydrogen (secondary N) is 1. The molecule has 2 aromatic carbocycles. The predicted octanol–water partition coefficient (Wildman–Crippen LogP) is 4.25. The fraction of sp³-hybridized carbons (Fsp3) is 0.0588. The van der Waals surface area contributed by atoms with Gasteiger partial charge in [-0.25, -0.2) is 13.2 Å². The number of nitrogens with zero attached hydrogens (tertiary/aromatic N) is 1. The second-order valence-electron chi connectivity index (χ2n) is 4.74. The van der Waals surface area contributed by atoms with Crippen molar-refractivity contribution in [3.63, 3.8) is 0 Å². The highest BCUT2D eigenvalue weighted by Gasteiger charge is 2.17. The Morgan fingerprint density at radius 2 is 1.75 bits per heavy atom. The minimum atomic E-state index is -1.36. The molecule has 0 saturated carbocycles. The van der Waals surface area contributed by atoms with Crippen LogP contribution in [0.5, 0.6) is 5.75 Å². The number of phenolic OH excluding ortho intramolecular Hbond substituents is 1. The zero-order chi connectivity index (χ0) is 16.6. The summed E-state index contributed by atoms with van der Waals surface area (Å²) >= 11 is 0. The molecule has 1 amide bonds. The molecule has 1 heterocycles. The molecule has 0 atom stereocenters. The van der Waals surface area contributed by atoms with Crippen molar-refractivity contribution in [1.29, 1.82) is 0 Å². The zero-order valence-electron chi connectivity index (χ0n) is 11.5. The minimum Gasteiger partial charge on any atom is -0.505 e. The molecule has 0 aliphatic carbocycles. The van der Waals surface area contributed by atoms with Gasteiger partial charge in [-0.05, 0) is 12.1 Å². The smallest absolute Gasteiger partial charge is 0.259 e. The number of anilines is 1. The van der Waals surface area contributed by atoms with Crippen LogP contribution >= 0.6 is 0 Å². The Morgan fingerprint density at radius 3 is 2.50 bits per heavy atom. The Labute approximate surface area is 135 Å². The average molecular weight is 334 g/mol. The van der Waals surface area contributed by atoms with Gasteiger partial charge in [0.1, 0.15) is 11.3 Å². The van der Waals surface area contributed by atoms with Gasteiger partial charge in [0.15, 0.2) is 17.4 Å². The van der Waals surface area contributed by atoms with E-state index in [2.05, 4.69) is 10.3 Å². The summed E-state index contributed by atoms with van der Waals surface area (Å²) in [4.78, 5) is 16.1. The molecule has 3 aromatic rings. The van der Waals surface area contributed by atoms with Crippen LogP contribution in [0.15, 0.2) is 42.6 Å². The molecule has 124 valence electrons. The molecule has 0 unspecified atom stereocenters. The van der Waals surface area contributed by atoms with Gasteiger partial charge in [0, 0.05) is 23.7 Å². The Hall–Kier alpha value is -3.09. The molecule has 0 aliphatic heterocycles. The summed E-state index contributed by atoms with van der Waals surface area (Å²) in [6, 6.07) is 7.09. The molecule has 7 heteroatoms. The molecular weight excluding hydrogens is 321 g/mol. The quantitative estimate of drug-likeness (QED) is 0.689. The largest absolute Gasteiger partial charge is 0.505 e. The van der Waals surface area contributed by atoms with Crippen molar-refractivity contribution in [3.8, 4) is 5.75 Å². The monoisotopic (exact) mass is 334 g/mol. The van der Waals surface area contributed by atoms with Crippen LogP contribution in [0.2, 0.25) is 0 Å². The molecule has 4 nitrogen and oxygen atoms in total. The summed E-state index contributed by atoms with van der Waals surface area (Å²) in [6.07, 6.45) is 1.44. The number of benzene rings is 2. The van der Waals surface area contributed by atoms with Crippen molar-refractivity contribution in [3.05, 3.63) is 65.6 Å². The Kier molecular flexibility index (Phi) is 4.73. The number of hydrogen-bond donors (Lipinski definition) is 2. The lowest BCUT2D eigenvalue weighted by molar-refractivity contribution is 0.102. The minimum absolute atomic E-state index is 0. The maximum atomic E-state index is 13.6. The van der Waals surface area contributed by atoms with Gasteiger partial charge >= 0.3 is 0 Å². The first-order valence-corrected chi connectivity index (χ1v) is 6.50. The summed E-state index contributed by atoms with van der Waals surface area (Å²) in [5, 5.41) is 12.8. The fourth-order valence-electron chi connectivity index (χ4n) is 2.12. The average Bonchev–Trinajstić information content (AvgIpc) is 2.53. The maximum Gasteiger partial charge on any atom is 0.259 e. The molecule has 0 bridgehead atoms. The van der Waals surface area contributed by atoms with Crippen LogP contribution in [0.4, 0.5) is 18.9 Å². The Balaban J connectivity index is 0.00000208. The van der Waals surface area contributed by atoms with Crippen LogP contribution in [0.3, 0.4) is 0 Å². The first-order chi connectivity index (χ1) is 11.0. The normalized spacial score (nSPS) is 10.3. The van der Waals surface area contributed by atoms with Gasteiger partial charge in [-0.2, -0.15) is 0 Å². The maximum absolute atomic E-state index is 13.6. The molecule has 2 N–H and O–H groups in total. The van der Waals surface area contributed by atoms with E-state index < -0.39 is 29.0 Å². The van der Waals surface area contributed by atoms with Gasteiger partial charge in [-0.15, -0.1) is 0 Å². The number of aromatic hydroxyl groups is 1. The van der Waals surface area contributed by atoms with Gasteiger partial charge in [-0.1, -0.05) is 19.6 Å². The van der Waals surface area contributed by atoms with Crippen LogP contribution in [-0.2, 0) is 0 Å². The third-order valence-electron chi connectivity index (χ3n) is 3.25. The van der Waals surface area contributed by atoms with E-state index in [0.717, 1.165) is 0 Å². The lowest BCUT2D eigenvalue weighted by atomic mass is 10.1. The van der Waals surface area contributed by atoms with Crippen molar-refractivity contribution in [2.45, 2.75) is 7.43 Å². The van der Waals surface area contributed by atoms with E-state index in [1.54, 1.807) is 18.2 Å². The van der Waals surface area contributed by atoms with Crippen molar-refractivity contribution < 1.29 is 23.1 Å². The topological polar surface area (TPSA) is 62.2 Å². The second kappa shape index (κ2) is 6.57. The third-order valence-corrected chi connectivity index (χ3v) is 3.25. The van der Waals surface area contributed by atoms with Crippen molar-refractivity contribution >= 4 is 22.5 Å². The number of halogens is 3. The number of carbonyl (C=O) groups excluding carboxylic acids is 1. The van der Waals surface area contributed by atoms with Gasteiger partial charge in [-0.3, -0.25) is 9.78 Å². The molecule has 0 radical (unpaired) electrons. The third kappa shape index (κ3) is 3.01. The lowest BCUT2D eigenvalue weighted by Gasteiger charge is -2.09. The highest BCUT2D eigenvalue weighted by molar-refractivity contribution is 6.09. The van der Waals surface area contributed by atoms with E-state index in [1.165, 1.54) is 12.3 Å². The molecule has 1 aromatic heterocycles. The van der Waals surface area contributed by atoms with Crippen molar-refractivity contribution in [2.24, 2.45) is 0 Å².